The van der Waals surface area contributed by atoms with Crippen molar-refractivity contribution < 1.29 is 4.79 Å². The molecule has 1 saturated carbocycles. The van der Waals surface area contributed by atoms with Crippen molar-refractivity contribution in [1.29, 1.82) is 0 Å². The smallest absolute Gasteiger partial charge is 0.241 e. The summed E-state index contributed by atoms with van der Waals surface area (Å²) < 4.78 is 0. The molecule has 3 N–H and O–H groups in total. The van der Waals surface area contributed by atoms with Crippen molar-refractivity contribution in [3.8, 4) is 0 Å². The fraction of sp³-hybridized carbons (Fsp3) is 0.143. The van der Waals surface area contributed by atoms with Gasteiger partial charge in [-0.2, -0.15) is 0 Å². The average molecular weight is 239 g/mol. The quantitative estimate of drug-likeness (QED) is 0.475. The van der Waals surface area contributed by atoms with E-state index in [1.165, 1.54) is 0 Å². The van der Waals surface area contributed by atoms with Crippen LogP contribution in [0.5, 0.6) is 0 Å². The van der Waals surface area contributed by atoms with Crippen molar-refractivity contribution in [3.63, 3.8) is 0 Å². The first-order valence-electron chi connectivity index (χ1n) is 5.83. The molecule has 4 heteroatoms. The summed E-state index contributed by atoms with van der Waals surface area (Å²) in [5, 5.41) is 2.26. The number of nitrogens with two attached hydrogens (primary N) is 1. The normalized spacial score (nSPS) is 20.1. The number of amides is 1. The van der Waals surface area contributed by atoms with Crippen LogP contribution in [-0.4, -0.2) is 10.9 Å². The second kappa shape index (κ2) is 4.23. The summed E-state index contributed by atoms with van der Waals surface area (Å²) in [6.45, 7) is 0. The number of aromatic nitrogens is 1. The van der Waals surface area contributed by atoms with Gasteiger partial charge in [0.05, 0.1) is 5.92 Å². The van der Waals surface area contributed by atoms with E-state index in [9.17, 15) is 4.79 Å². The van der Waals surface area contributed by atoms with Gasteiger partial charge in [-0.05, 0) is 23.4 Å². The number of nitrogens with one attached hydrogen (secondary N) is 1. The van der Waals surface area contributed by atoms with Gasteiger partial charge >= 0.3 is 0 Å². The molecule has 1 amide bonds. The summed E-state index contributed by atoms with van der Waals surface area (Å²) in [6, 6.07) is 8.06. The number of benzene rings is 1. The van der Waals surface area contributed by atoms with E-state index in [1.54, 1.807) is 6.20 Å². The van der Waals surface area contributed by atoms with E-state index < -0.39 is 0 Å². The van der Waals surface area contributed by atoms with Crippen molar-refractivity contribution in [2.24, 2.45) is 11.8 Å². The maximum absolute atomic E-state index is 11.4. The summed E-state index contributed by atoms with van der Waals surface area (Å²) in [5.41, 5.74) is 4.44. The van der Waals surface area contributed by atoms with Gasteiger partial charge in [-0.3, -0.25) is 15.2 Å². The predicted molar refractivity (Wildman–Crippen MR) is 70.2 cm³/mol. The molecular weight excluding hydrogens is 226 g/mol. The largest absolute Gasteiger partial charge is 0.294 e. The summed E-state index contributed by atoms with van der Waals surface area (Å²) >= 11 is 0. The number of carbonyl (C=O) groups excluding carboxylic acids is 1. The van der Waals surface area contributed by atoms with Crippen LogP contribution >= 0.6 is 0 Å². The monoisotopic (exact) mass is 239 g/mol. The minimum atomic E-state index is -0.108. The maximum atomic E-state index is 11.4. The molecule has 1 heterocycles. The highest BCUT2D eigenvalue weighted by Crippen LogP contribution is 2.39. The zero-order valence-electron chi connectivity index (χ0n) is 9.76. The van der Waals surface area contributed by atoms with Crippen LogP contribution in [0.2, 0.25) is 0 Å². The zero-order valence-corrected chi connectivity index (χ0v) is 9.76. The van der Waals surface area contributed by atoms with E-state index in [-0.39, 0.29) is 11.8 Å². The molecule has 1 unspecified atom stereocenters. The average Bonchev–Trinajstić information content (AvgIpc) is 3.18. The molecule has 3 rings (SSSR count). The lowest BCUT2D eigenvalue weighted by molar-refractivity contribution is -0.122. The Morgan fingerprint density at radius 2 is 2.33 bits per heavy atom. The predicted octanol–water partition coefficient (Wildman–Crippen LogP) is 1.63. The minimum absolute atomic E-state index is 0.0490. The number of hydrazine groups is 1. The number of carbonyl (C=O) groups is 1. The third-order valence-electron chi connectivity index (χ3n) is 3.24. The minimum Gasteiger partial charge on any atom is -0.294 e. The van der Waals surface area contributed by atoms with Gasteiger partial charge in [-0.1, -0.05) is 29.8 Å². The molecule has 0 radical (unpaired) electrons. The van der Waals surface area contributed by atoms with Gasteiger partial charge in [0.1, 0.15) is 0 Å². The zero-order chi connectivity index (χ0) is 12.5. The molecule has 2 aromatic rings. The highest BCUT2D eigenvalue weighted by molar-refractivity contribution is 5.93. The fourth-order valence-electron chi connectivity index (χ4n) is 2.17. The Labute approximate surface area is 104 Å². The molecule has 1 aliphatic rings. The molecule has 1 aromatic carbocycles. The molecule has 4 nitrogen and oxygen atoms in total. The van der Waals surface area contributed by atoms with Crippen LogP contribution in [0.4, 0.5) is 0 Å². The number of hydrogen-bond acceptors (Lipinski definition) is 3. The molecule has 1 atom stereocenters. The Morgan fingerprint density at radius 3 is 3.17 bits per heavy atom. The highest BCUT2D eigenvalue weighted by atomic mass is 16.2. The Kier molecular flexibility index (Phi) is 2.57. The number of hydrogen-bond donors (Lipinski definition) is 2. The molecule has 0 bridgehead atoms. The van der Waals surface area contributed by atoms with Gasteiger partial charge in [0.2, 0.25) is 5.91 Å². The summed E-state index contributed by atoms with van der Waals surface area (Å²) in [4.78, 5) is 15.5. The number of nitrogens with zero attached hydrogens (tertiary/aromatic N) is 1. The summed E-state index contributed by atoms with van der Waals surface area (Å²) in [5.74, 6) is 4.97. The highest BCUT2D eigenvalue weighted by Gasteiger charge is 2.36. The number of fused-ring (bicyclic) bond motifs is 1. The van der Waals surface area contributed by atoms with E-state index in [1.807, 2.05) is 30.5 Å². The van der Waals surface area contributed by atoms with Crippen molar-refractivity contribution in [3.05, 3.63) is 47.8 Å². The van der Waals surface area contributed by atoms with Gasteiger partial charge in [-0.25, -0.2) is 5.84 Å². The fourth-order valence-corrected chi connectivity index (χ4v) is 2.17. The van der Waals surface area contributed by atoms with Gasteiger partial charge in [-0.15, -0.1) is 0 Å². The summed E-state index contributed by atoms with van der Waals surface area (Å²) in [6.07, 6.45) is 6.49. The SMILES string of the molecule is NNC(=O)C1CC1=Cc1cccc2cnccc12. The molecule has 0 saturated heterocycles. The first kappa shape index (κ1) is 10.9. The first-order valence-corrected chi connectivity index (χ1v) is 5.83. The van der Waals surface area contributed by atoms with Crippen molar-refractivity contribution >= 4 is 22.8 Å². The standard InChI is InChI=1S/C14H13N3O/c15-17-14(18)13-7-11(13)6-9-2-1-3-10-8-16-5-4-12(9)10/h1-6,8,13H,7,15H2,(H,17,18). The molecule has 18 heavy (non-hydrogen) atoms. The van der Waals surface area contributed by atoms with Crippen LogP contribution in [0, 0.1) is 5.92 Å². The molecule has 0 aliphatic heterocycles. The third-order valence-corrected chi connectivity index (χ3v) is 3.24. The van der Waals surface area contributed by atoms with Gasteiger partial charge in [0, 0.05) is 17.8 Å². The lowest BCUT2D eigenvalue weighted by atomic mass is 10.1. The number of pyridine rings is 1. The lowest BCUT2D eigenvalue weighted by Crippen LogP contribution is -2.31. The van der Waals surface area contributed by atoms with E-state index in [0.29, 0.717) is 0 Å². The Morgan fingerprint density at radius 1 is 1.44 bits per heavy atom. The van der Waals surface area contributed by atoms with E-state index in [4.69, 9.17) is 5.84 Å². The van der Waals surface area contributed by atoms with E-state index >= 15 is 0 Å². The Hall–Kier alpha value is -2.20. The van der Waals surface area contributed by atoms with Crippen molar-refractivity contribution in [2.75, 3.05) is 0 Å². The number of rotatable bonds is 2. The third kappa shape index (κ3) is 1.87. The molecule has 1 aromatic heterocycles. The maximum Gasteiger partial charge on any atom is 0.241 e. The van der Waals surface area contributed by atoms with Crippen LogP contribution in [0.1, 0.15) is 12.0 Å². The van der Waals surface area contributed by atoms with E-state index in [2.05, 4.69) is 16.5 Å². The van der Waals surface area contributed by atoms with Crippen molar-refractivity contribution in [2.45, 2.75) is 6.42 Å². The molecule has 90 valence electrons. The van der Waals surface area contributed by atoms with Crippen LogP contribution in [0.15, 0.2) is 42.2 Å². The molecule has 1 fully saturated rings. The molecular formula is C14H13N3O. The molecule has 0 spiro atoms. The second-order valence-electron chi connectivity index (χ2n) is 4.43. The van der Waals surface area contributed by atoms with Crippen molar-refractivity contribution in [1.82, 2.24) is 10.4 Å². The van der Waals surface area contributed by atoms with Gasteiger partial charge in [0.15, 0.2) is 0 Å². The van der Waals surface area contributed by atoms with Crippen LogP contribution in [0.3, 0.4) is 0 Å². The van der Waals surface area contributed by atoms with Gasteiger partial charge < -0.3 is 0 Å². The van der Waals surface area contributed by atoms with Crippen LogP contribution < -0.4 is 11.3 Å². The van der Waals surface area contributed by atoms with E-state index in [0.717, 1.165) is 28.3 Å². The molecule has 1 aliphatic carbocycles. The van der Waals surface area contributed by atoms with Gasteiger partial charge in [0.25, 0.3) is 0 Å². The van der Waals surface area contributed by atoms with Crippen LogP contribution in [-0.2, 0) is 4.79 Å². The Balaban J connectivity index is 1.97. The Bertz CT molecular complexity index is 643. The summed E-state index contributed by atoms with van der Waals surface area (Å²) in [7, 11) is 0. The van der Waals surface area contributed by atoms with Crippen LogP contribution in [0.25, 0.3) is 16.8 Å². The topological polar surface area (TPSA) is 68.0 Å². The second-order valence-corrected chi connectivity index (χ2v) is 4.43. The first-order chi connectivity index (χ1) is 8.79. The lowest BCUT2D eigenvalue weighted by Gasteiger charge is -2.00.